The summed E-state index contributed by atoms with van der Waals surface area (Å²) in [6.45, 7) is 8.79. The van der Waals surface area contributed by atoms with Gasteiger partial charge in [0.25, 0.3) is 0 Å². The van der Waals surface area contributed by atoms with Crippen molar-refractivity contribution in [1.29, 1.82) is 0 Å². The summed E-state index contributed by atoms with van der Waals surface area (Å²) < 4.78 is 11.8. The smallest absolute Gasteiger partial charge is 0.374 e. The first kappa shape index (κ1) is 23.3. The predicted octanol–water partition coefficient (Wildman–Crippen LogP) is 4.27. The summed E-state index contributed by atoms with van der Waals surface area (Å²) in [7, 11) is 0. The van der Waals surface area contributed by atoms with Gasteiger partial charge in [0.05, 0.1) is 0 Å². The van der Waals surface area contributed by atoms with Gasteiger partial charge in [0.15, 0.2) is 0 Å². The molecule has 3 rings (SSSR count). The zero-order valence-electron chi connectivity index (χ0n) is 19.2. The molecule has 0 bridgehead atoms. The van der Waals surface area contributed by atoms with E-state index < -0.39 is 34.6 Å². The van der Waals surface area contributed by atoms with E-state index in [0.717, 1.165) is 10.5 Å². The van der Waals surface area contributed by atoms with Crippen LogP contribution in [0, 0.1) is 5.41 Å². The molecule has 1 aliphatic heterocycles. The van der Waals surface area contributed by atoms with Crippen LogP contribution in [-0.4, -0.2) is 34.1 Å². The van der Waals surface area contributed by atoms with E-state index in [-0.39, 0.29) is 13.0 Å². The fraction of sp³-hybridized carbons (Fsp3) is 0.400. The molecule has 3 amide bonds. The highest BCUT2D eigenvalue weighted by molar-refractivity contribution is 6.12. The number of hydrogen-bond acceptors (Lipinski definition) is 5. The molecular formula is C25H30N2O5. The third-order valence-corrected chi connectivity index (χ3v) is 5.62. The summed E-state index contributed by atoms with van der Waals surface area (Å²) >= 11 is 0. The number of carbonyl (C=O) groups excluding carboxylic acids is 3. The number of rotatable bonds is 6. The minimum atomic E-state index is -1.94. The largest absolute Gasteiger partial charge is 0.456 e. The molecule has 0 radical (unpaired) electrons. The second-order valence-electron chi connectivity index (χ2n) is 9.03. The van der Waals surface area contributed by atoms with E-state index in [2.05, 4.69) is 5.32 Å². The van der Waals surface area contributed by atoms with E-state index in [0.29, 0.717) is 5.75 Å². The van der Waals surface area contributed by atoms with E-state index >= 15 is 0 Å². The predicted molar refractivity (Wildman–Crippen MR) is 120 cm³/mol. The van der Waals surface area contributed by atoms with E-state index in [9.17, 15) is 14.4 Å². The number of nitrogens with zero attached hydrogens (tertiary/aromatic N) is 1. The summed E-state index contributed by atoms with van der Waals surface area (Å²) in [5.74, 6) is -0.925. The van der Waals surface area contributed by atoms with Gasteiger partial charge in [0, 0.05) is 6.54 Å². The topological polar surface area (TPSA) is 84.9 Å². The number of benzene rings is 2. The Morgan fingerprint density at radius 1 is 1.00 bits per heavy atom. The molecule has 1 N–H and O–H groups in total. The Balaban J connectivity index is 2.01. The number of amides is 3. The molecule has 7 heteroatoms. The number of urea groups is 1. The maximum Gasteiger partial charge on any atom is 0.374 e. The molecule has 0 aromatic heterocycles. The summed E-state index contributed by atoms with van der Waals surface area (Å²) in [5.41, 5.74) is -3.20. The van der Waals surface area contributed by atoms with Crippen LogP contribution in [0.1, 0.15) is 46.6 Å². The quantitative estimate of drug-likeness (QED) is 0.538. The van der Waals surface area contributed by atoms with Gasteiger partial charge in [0.1, 0.15) is 16.8 Å². The molecule has 1 fully saturated rings. The van der Waals surface area contributed by atoms with Crippen molar-refractivity contribution in [1.82, 2.24) is 10.2 Å². The first-order chi connectivity index (χ1) is 15.0. The van der Waals surface area contributed by atoms with Gasteiger partial charge in [-0.1, -0.05) is 55.5 Å². The fourth-order valence-corrected chi connectivity index (χ4v) is 3.73. The molecule has 0 saturated carbocycles. The van der Waals surface area contributed by atoms with Crippen molar-refractivity contribution < 1.29 is 23.9 Å². The molecule has 2 atom stereocenters. The van der Waals surface area contributed by atoms with Crippen LogP contribution in [-0.2, 0) is 20.9 Å². The monoisotopic (exact) mass is 438 g/mol. The molecule has 1 heterocycles. The van der Waals surface area contributed by atoms with Crippen LogP contribution in [0.4, 0.5) is 4.79 Å². The maximum atomic E-state index is 13.6. The molecule has 2 aromatic carbocycles. The fourth-order valence-electron chi connectivity index (χ4n) is 3.73. The molecule has 1 saturated heterocycles. The molecule has 0 spiro atoms. The number of nitrogens with one attached hydrogen (secondary N) is 1. The van der Waals surface area contributed by atoms with Crippen molar-refractivity contribution in [2.24, 2.45) is 5.41 Å². The lowest BCUT2D eigenvalue weighted by molar-refractivity contribution is -0.246. The summed E-state index contributed by atoms with van der Waals surface area (Å²) in [5, 5.41) is 2.73. The van der Waals surface area contributed by atoms with Crippen LogP contribution < -0.4 is 10.1 Å². The van der Waals surface area contributed by atoms with Crippen LogP contribution >= 0.6 is 0 Å². The zero-order chi connectivity index (χ0) is 23.6. The first-order valence-electron chi connectivity index (χ1n) is 10.7. The van der Waals surface area contributed by atoms with Gasteiger partial charge < -0.3 is 14.8 Å². The highest BCUT2D eigenvalue weighted by Crippen LogP contribution is 2.52. The summed E-state index contributed by atoms with van der Waals surface area (Å²) in [6, 6.07) is 17.2. The molecule has 32 heavy (non-hydrogen) atoms. The van der Waals surface area contributed by atoms with Gasteiger partial charge in [0.2, 0.25) is 5.91 Å². The van der Waals surface area contributed by atoms with Gasteiger partial charge in [-0.3, -0.25) is 4.79 Å². The van der Waals surface area contributed by atoms with E-state index in [1.165, 1.54) is 0 Å². The lowest BCUT2D eigenvalue weighted by Gasteiger charge is -2.58. The molecule has 2 aromatic rings. The number of ether oxygens (including phenoxy) is 2. The number of esters is 1. The minimum Gasteiger partial charge on any atom is -0.456 e. The van der Waals surface area contributed by atoms with Crippen LogP contribution in [0.3, 0.4) is 0 Å². The van der Waals surface area contributed by atoms with Gasteiger partial charge in [-0.05, 0) is 51.8 Å². The minimum absolute atomic E-state index is 0.196. The SMILES string of the molecule is CC[C@@]1(C)C(=O)N(C(=O)NCc2ccccc2)[C@@]1(Oc1ccccc1)C(=O)OC(C)(C)C. The molecule has 170 valence electrons. The van der Waals surface area contributed by atoms with Crippen LogP contribution in [0.25, 0.3) is 0 Å². The third-order valence-electron chi connectivity index (χ3n) is 5.62. The third kappa shape index (κ3) is 4.07. The Bertz CT molecular complexity index is 986. The van der Waals surface area contributed by atoms with Crippen LogP contribution in [0.5, 0.6) is 5.75 Å². The number of likely N-dealkylation sites (tertiary alicyclic amines) is 1. The number of para-hydroxylation sites is 1. The van der Waals surface area contributed by atoms with E-state index in [4.69, 9.17) is 9.47 Å². The Morgan fingerprint density at radius 2 is 1.56 bits per heavy atom. The van der Waals surface area contributed by atoms with Crippen LogP contribution in [0.2, 0.25) is 0 Å². The standard InChI is InChI=1S/C25H30N2O5/c1-6-24(5)20(28)27(22(30)26-17-18-13-9-7-10-14-18)25(24,21(29)32-23(2,3)4)31-19-15-11-8-12-16-19/h7-16H,6,17H2,1-5H3,(H,26,30)/t24-,25+/m0/s1. The molecule has 1 aliphatic rings. The maximum absolute atomic E-state index is 13.6. The Kier molecular flexibility index (Phi) is 6.30. The number of imide groups is 1. The lowest BCUT2D eigenvalue weighted by atomic mass is 9.66. The number of carbonyl (C=O) groups is 3. The highest BCUT2D eigenvalue weighted by Gasteiger charge is 2.78. The lowest BCUT2D eigenvalue weighted by Crippen LogP contribution is -2.85. The molecule has 0 unspecified atom stereocenters. The van der Waals surface area contributed by atoms with Gasteiger partial charge >= 0.3 is 17.7 Å². The van der Waals surface area contributed by atoms with E-state index in [1.807, 2.05) is 36.4 Å². The van der Waals surface area contributed by atoms with E-state index in [1.54, 1.807) is 58.9 Å². The van der Waals surface area contributed by atoms with Crippen molar-refractivity contribution in [2.75, 3.05) is 0 Å². The number of β-lactam (4-membered cyclic amide) rings is 1. The Hall–Kier alpha value is -3.35. The van der Waals surface area contributed by atoms with Gasteiger partial charge in [-0.2, -0.15) is 0 Å². The van der Waals surface area contributed by atoms with Crippen molar-refractivity contribution in [3.05, 3.63) is 66.2 Å². The van der Waals surface area contributed by atoms with Crippen molar-refractivity contribution in [3.8, 4) is 5.75 Å². The van der Waals surface area contributed by atoms with Crippen molar-refractivity contribution in [3.63, 3.8) is 0 Å². The first-order valence-corrected chi connectivity index (χ1v) is 10.7. The highest BCUT2D eigenvalue weighted by atomic mass is 16.6. The van der Waals surface area contributed by atoms with Crippen molar-refractivity contribution >= 4 is 17.9 Å². The van der Waals surface area contributed by atoms with Crippen molar-refractivity contribution in [2.45, 2.75) is 58.9 Å². The summed E-state index contributed by atoms with van der Waals surface area (Å²) in [4.78, 5) is 40.8. The zero-order valence-corrected chi connectivity index (χ0v) is 19.2. The van der Waals surface area contributed by atoms with Gasteiger partial charge in [-0.15, -0.1) is 0 Å². The average molecular weight is 439 g/mol. The average Bonchev–Trinajstić information content (AvgIpc) is 2.76. The molecular weight excluding hydrogens is 408 g/mol. The molecule has 7 nitrogen and oxygen atoms in total. The molecule has 0 aliphatic carbocycles. The van der Waals surface area contributed by atoms with Gasteiger partial charge in [-0.25, -0.2) is 14.5 Å². The second kappa shape index (κ2) is 8.65. The Morgan fingerprint density at radius 3 is 2.09 bits per heavy atom. The Labute approximate surface area is 188 Å². The van der Waals surface area contributed by atoms with Crippen LogP contribution in [0.15, 0.2) is 60.7 Å². The second-order valence-corrected chi connectivity index (χ2v) is 9.03. The number of hydrogen-bond donors (Lipinski definition) is 1. The normalized spacial score (nSPS) is 22.7. The summed E-state index contributed by atoms with van der Waals surface area (Å²) in [6.07, 6.45) is 0.278.